The van der Waals surface area contributed by atoms with E-state index in [-0.39, 0.29) is 17.8 Å². The summed E-state index contributed by atoms with van der Waals surface area (Å²) in [6.07, 6.45) is 1.18. The number of fused-ring (bicyclic) bond motifs is 1. The molecule has 0 unspecified atom stereocenters. The number of nitrogens with zero attached hydrogens (tertiary/aromatic N) is 5. The number of halogens is 1. The summed E-state index contributed by atoms with van der Waals surface area (Å²) in [7, 11) is 0. The summed E-state index contributed by atoms with van der Waals surface area (Å²) < 4.78 is 7.37. The van der Waals surface area contributed by atoms with Gasteiger partial charge in [-0.1, -0.05) is 17.7 Å². The number of nitrogens with two attached hydrogens (primary N) is 1. The second kappa shape index (κ2) is 6.72. The van der Waals surface area contributed by atoms with Gasteiger partial charge in [0.1, 0.15) is 23.5 Å². The van der Waals surface area contributed by atoms with Crippen molar-refractivity contribution in [2.75, 3.05) is 17.2 Å². The van der Waals surface area contributed by atoms with Crippen LogP contribution in [0.2, 0.25) is 5.02 Å². The molecule has 1 aliphatic rings. The molecule has 1 aromatic carbocycles. The Kier molecular flexibility index (Phi) is 4.45. The fraction of sp³-hybridized carbons (Fsp3) is 0.300. The van der Waals surface area contributed by atoms with E-state index in [1.165, 1.54) is 6.33 Å². The van der Waals surface area contributed by atoms with Crippen molar-refractivity contribution in [2.45, 2.75) is 32.5 Å². The number of rotatable bonds is 2. The molecule has 29 heavy (non-hydrogen) atoms. The second-order valence-electron chi connectivity index (χ2n) is 7.48. The van der Waals surface area contributed by atoms with Gasteiger partial charge in [0.25, 0.3) is 5.91 Å². The first kappa shape index (κ1) is 19.2. The number of hydrogen-bond donors (Lipinski definition) is 1. The third-order valence-corrected chi connectivity index (χ3v) is 5.22. The third-order valence-electron chi connectivity index (χ3n) is 4.94. The summed E-state index contributed by atoms with van der Waals surface area (Å²) in [5, 5.41) is 14.3. The molecule has 2 aromatic heterocycles. The molecule has 0 aliphatic carbocycles. The van der Waals surface area contributed by atoms with Gasteiger partial charge in [0, 0.05) is 5.56 Å². The molecular formula is C20H19ClN6O2. The number of benzene rings is 1. The number of morpholine rings is 1. The average Bonchev–Trinajstić information content (AvgIpc) is 3.02. The van der Waals surface area contributed by atoms with Gasteiger partial charge in [-0.15, -0.1) is 0 Å². The molecule has 1 aliphatic heterocycles. The Bertz CT molecular complexity index is 1180. The zero-order chi connectivity index (χ0) is 20.9. The van der Waals surface area contributed by atoms with E-state index in [1.54, 1.807) is 47.5 Å². The Labute approximate surface area is 172 Å². The van der Waals surface area contributed by atoms with Crippen LogP contribution in [0.4, 0.5) is 11.5 Å². The molecule has 1 atom stereocenters. The second-order valence-corrected chi connectivity index (χ2v) is 7.89. The minimum absolute atomic E-state index is 0.172. The molecule has 1 fully saturated rings. The van der Waals surface area contributed by atoms with E-state index in [4.69, 9.17) is 22.1 Å². The van der Waals surface area contributed by atoms with Gasteiger partial charge in [0.15, 0.2) is 5.82 Å². The molecule has 0 bridgehead atoms. The van der Waals surface area contributed by atoms with E-state index < -0.39 is 5.60 Å². The first-order chi connectivity index (χ1) is 13.7. The van der Waals surface area contributed by atoms with Gasteiger partial charge in [-0.2, -0.15) is 10.4 Å². The van der Waals surface area contributed by atoms with Gasteiger partial charge in [-0.05, 0) is 39.0 Å². The van der Waals surface area contributed by atoms with Gasteiger partial charge >= 0.3 is 0 Å². The maximum atomic E-state index is 13.0. The molecule has 3 aromatic rings. The summed E-state index contributed by atoms with van der Waals surface area (Å²) >= 11 is 6.35. The number of hydrogen-bond acceptors (Lipinski definition) is 6. The molecular weight excluding hydrogens is 392 g/mol. The molecule has 0 spiro atoms. The van der Waals surface area contributed by atoms with Gasteiger partial charge in [0.2, 0.25) is 0 Å². The molecule has 2 N–H and O–H groups in total. The third kappa shape index (κ3) is 3.09. The summed E-state index contributed by atoms with van der Waals surface area (Å²) in [6.45, 7) is 5.71. The molecule has 0 radical (unpaired) electrons. The van der Waals surface area contributed by atoms with Crippen molar-refractivity contribution in [3.8, 4) is 17.3 Å². The lowest BCUT2D eigenvalue weighted by Crippen LogP contribution is -2.56. The van der Waals surface area contributed by atoms with Crippen molar-refractivity contribution in [2.24, 2.45) is 0 Å². The Balaban J connectivity index is 1.89. The minimum Gasteiger partial charge on any atom is -0.382 e. The smallest absolute Gasteiger partial charge is 0.258 e. The summed E-state index contributed by atoms with van der Waals surface area (Å²) in [5.74, 6) is 0.0675. The predicted octanol–water partition coefficient (Wildman–Crippen LogP) is 3.03. The van der Waals surface area contributed by atoms with E-state index in [0.29, 0.717) is 34.0 Å². The maximum absolute atomic E-state index is 13.0. The van der Waals surface area contributed by atoms with E-state index >= 15 is 0 Å². The number of amides is 1. The van der Waals surface area contributed by atoms with E-state index in [1.807, 2.05) is 6.92 Å². The minimum atomic E-state index is -0.979. The topological polar surface area (TPSA) is 110 Å². The molecule has 1 amide bonds. The van der Waals surface area contributed by atoms with Crippen LogP contribution in [0.3, 0.4) is 0 Å². The number of nitriles is 1. The first-order valence-corrected chi connectivity index (χ1v) is 9.42. The van der Waals surface area contributed by atoms with Crippen molar-refractivity contribution in [3.05, 3.63) is 41.2 Å². The lowest BCUT2D eigenvalue weighted by Gasteiger charge is -2.41. The molecule has 1 saturated heterocycles. The maximum Gasteiger partial charge on any atom is 0.258 e. The summed E-state index contributed by atoms with van der Waals surface area (Å²) in [6, 6.07) is 9.18. The van der Waals surface area contributed by atoms with E-state index in [0.717, 1.165) is 5.56 Å². The summed E-state index contributed by atoms with van der Waals surface area (Å²) in [5.41, 5.74) is 7.80. The Morgan fingerprint density at radius 2 is 2.14 bits per heavy atom. The van der Waals surface area contributed by atoms with Gasteiger partial charge in [0.05, 0.1) is 34.6 Å². The normalized spacial score (nSPS) is 18.8. The Morgan fingerprint density at radius 1 is 1.38 bits per heavy atom. The number of ether oxygens (including phenoxy) is 1. The summed E-state index contributed by atoms with van der Waals surface area (Å²) in [4.78, 5) is 18.6. The van der Waals surface area contributed by atoms with E-state index in [9.17, 15) is 10.1 Å². The standard InChI is InChI=1S/C20H19ClN6O2/c1-11-9-26(19(28)20(2,3)29-11)15-6-12(4-5-13(15)8-22)16-7-14(21)17-18(23)24-10-25-27(16)17/h4-7,10-11H,9H2,1-3H3,(H2,23,24,25)/t11-/m0/s1. The van der Waals surface area contributed by atoms with Crippen LogP contribution in [0.1, 0.15) is 26.3 Å². The predicted molar refractivity (Wildman–Crippen MR) is 110 cm³/mol. The molecule has 148 valence electrons. The zero-order valence-electron chi connectivity index (χ0n) is 16.2. The number of aromatic nitrogens is 3. The highest BCUT2D eigenvalue weighted by Crippen LogP contribution is 2.35. The molecule has 9 heteroatoms. The van der Waals surface area contributed by atoms with Crippen LogP contribution >= 0.6 is 11.6 Å². The van der Waals surface area contributed by atoms with Crippen LogP contribution in [0.25, 0.3) is 16.8 Å². The number of carbonyl (C=O) groups is 1. The van der Waals surface area contributed by atoms with Crippen molar-refractivity contribution in [1.82, 2.24) is 14.6 Å². The Hall–Kier alpha value is -3.15. The molecule has 8 nitrogen and oxygen atoms in total. The van der Waals surface area contributed by atoms with Crippen molar-refractivity contribution in [1.29, 1.82) is 5.26 Å². The van der Waals surface area contributed by atoms with Crippen LogP contribution < -0.4 is 10.6 Å². The highest BCUT2D eigenvalue weighted by Gasteiger charge is 2.41. The molecule has 3 heterocycles. The van der Waals surface area contributed by atoms with Crippen molar-refractivity contribution in [3.63, 3.8) is 0 Å². The van der Waals surface area contributed by atoms with Crippen molar-refractivity contribution >= 4 is 34.5 Å². The fourth-order valence-corrected chi connectivity index (χ4v) is 3.98. The fourth-order valence-electron chi connectivity index (χ4n) is 3.70. The lowest BCUT2D eigenvalue weighted by molar-refractivity contribution is -0.153. The van der Waals surface area contributed by atoms with Crippen LogP contribution in [0.5, 0.6) is 0 Å². The lowest BCUT2D eigenvalue weighted by atomic mass is 10.0. The average molecular weight is 411 g/mol. The van der Waals surface area contributed by atoms with Gasteiger partial charge in [-0.3, -0.25) is 4.79 Å². The molecule has 0 saturated carbocycles. The first-order valence-electron chi connectivity index (χ1n) is 9.05. The van der Waals surface area contributed by atoms with Gasteiger partial charge in [-0.25, -0.2) is 9.50 Å². The highest BCUT2D eigenvalue weighted by atomic mass is 35.5. The number of anilines is 2. The van der Waals surface area contributed by atoms with Crippen LogP contribution in [0, 0.1) is 11.3 Å². The quantitative estimate of drug-likeness (QED) is 0.695. The Morgan fingerprint density at radius 3 is 2.86 bits per heavy atom. The van der Waals surface area contributed by atoms with Crippen LogP contribution in [-0.4, -0.2) is 38.8 Å². The van der Waals surface area contributed by atoms with E-state index in [2.05, 4.69) is 16.2 Å². The SMILES string of the molecule is C[C@H]1CN(c2cc(-c3cc(Cl)c4c(N)ncnn34)ccc2C#N)C(=O)C(C)(C)O1. The number of nitrogen functional groups attached to an aromatic ring is 1. The zero-order valence-corrected chi connectivity index (χ0v) is 16.9. The van der Waals surface area contributed by atoms with Gasteiger partial charge < -0.3 is 15.4 Å². The monoisotopic (exact) mass is 410 g/mol. The number of carbonyl (C=O) groups excluding carboxylic acids is 1. The molecule has 4 rings (SSSR count). The highest BCUT2D eigenvalue weighted by molar-refractivity contribution is 6.35. The van der Waals surface area contributed by atoms with Crippen LogP contribution in [-0.2, 0) is 9.53 Å². The van der Waals surface area contributed by atoms with Crippen molar-refractivity contribution < 1.29 is 9.53 Å². The largest absolute Gasteiger partial charge is 0.382 e. The van der Waals surface area contributed by atoms with Crippen LogP contribution in [0.15, 0.2) is 30.6 Å².